The van der Waals surface area contributed by atoms with E-state index in [2.05, 4.69) is 5.32 Å². The predicted molar refractivity (Wildman–Crippen MR) is 74.7 cm³/mol. The van der Waals surface area contributed by atoms with Crippen molar-refractivity contribution in [2.45, 2.75) is 18.4 Å². The standard InChI is InChI=1S/C13H16ClNO3S/c14-12-5-9(10-3-4-15-6-10)1-2-13(12)18-11-7-19(16,17)8-11/h1-2,5,10-11,15H,3-4,6-8H2. The zero-order valence-electron chi connectivity index (χ0n) is 10.4. The van der Waals surface area contributed by atoms with Crippen molar-refractivity contribution in [1.82, 2.24) is 5.32 Å². The molecule has 0 radical (unpaired) electrons. The molecule has 2 aliphatic heterocycles. The van der Waals surface area contributed by atoms with Crippen LogP contribution in [-0.2, 0) is 9.84 Å². The highest BCUT2D eigenvalue weighted by Gasteiger charge is 2.35. The molecule has 1 aromatic carbocycles. The summed E-state index contributed by atoms with van der Waals surface area (Å²) < 4.78 is 27.8. The molecule has 0 saturated carbocycles. The van der Waals surface area contributed by atoms with Crippen LogP contribution in [0.4, 0.5) is 0 Å². The van der Waals surface area contributed by atoms with E-state index in [-0.39, 0.29) is 17.6 Å². The van der Waals surface area contributed by atoms with E-state index in [1.807, 2.05) is 18.2 Å². The maximum atomic E-state index is 11.1. The summed E-state index contributed by atoms with van der Waals surface area (Å²) >= 11 is 6.21. The van der Waals surface area contributed by atoms with Gasteiger partial charge in [-0.2, -0.15) is 0 Å². The second-order valence-electron chi connectivity index (χ2n) is 5.20. The van der Waals surface area contributed by atoms with Crippen molar-refractivity contribution >= 4 is 21.4 Å². The van der Waals surface area contributed by atoms with Crippen molar-refractivity contribution in [3.8, 4) is 5.75 Å². The van der Waals surface area contributed by atoms with Gasteiger partial charge in [0.2, 0.25) is 0 Å². The molecule has 104 valence electrons. The average Bonchev–Trinajstić information content (AvgIpc) is 2.82. The average molecular weight is 302 g/mol. The molecule has 2 heterocycles. The second kappa shape index (κ2) is 4.96. The highest BCUT2D eigenvalue weighted by molar-refractivity contribution is 7.92. The minimum atomic E-state index is -2.86. The normalized spacial score (nSPS) is 26.1. The lowest BCUT2D eigenvalue weighted by atomic mass is 9.98. The fraction of sp³-hybridized carbons (Fsp3) is 0.538. The van der Waals surface area contributed by atoms with Gasteiger partial charge < -0.3 is 10.1 Å². The molecule has 1 aromatic rings. The van der Waals surface area contributed by atoms with Crippen molar-refractivity contribution in [1.29, 1.82) is 0 Å². The highest BCUT2D eigenvalue weighted by atomic mass is 35.5. The van der Waals surface area contributed by atoms with Crippen LogP contribution in [0.5, 0.6) is 5.75 Å². The summed E-state index contributed by atoms with van der Waals surface area (Å²) in [6.45, 7) is 2.03. The SMILES string of the molecule is O=S1(=O)CC(Oc2ccc(C3CCNC3)cc2Cl)C1. The van der Waals surface area contributed by atoms with E-state index in [0.717, 1.165) is 19.5 Å². The summed E-state index contributed by atoms with van der Waals surface area (Å²) in [6, 6.07) is 5.80. The Labute approximate surface area is 118 Å². The number of hydrogen-bond acceptors (Lipinski definition) is 4. The van der Waals surface area contributed by atoms with Gasteiger partial charge in [0.15, 0.2) is 9.84 Å². The minimum Gasteiger partial charge on any atom is -0.487 e. The molecule has 2 saturated heterocycles. The number of benzene rings is 1. The molecule has 4 nitrogen and oxygen atoms in total. The van der Waals surface area contributed by atoms with Crippen molar-refractivity contribution in [3.63, 3.8) is 0 Å². The lowest BCUT2D eigenvalue weighted by Crippen LogP contribution is -2.45. The van der Waals surface area contributed by atoms with Gasteiger partial charge in [-0.15, -0.1) is 0 Å². The van der Waals surface area contributed by atoms with E-state index in [1.54, 1.807) is 0 Å². The first-order chi connectivity index (χ1) is 9.03. The number of nitrogens with one attached hydrogen (secondary N) is 1. The monoisotopic (exact) mass is 301 g/mol. The number of halogens is 1. The highest BCUT2D eigenvalue weighted by Crippen LogP contribution is 2.32. The zero-order chi connectivity index (χ0) is 13.5. The first-order valence-corrected chi connectivity index (χ1v) is 8.61. The fourth-order valence-electron chi connectivity index (χ4n) is 2.57. The van der Waals surface area contributed by atoms with Crippen LogP contribution in [0.25, 0.3) is 0 Å². The van der Waals surface area contributed by atoms with Crippen LogP contribution in [0.2, 0.25) is 5.02 Å². The molecule has 2 fully saturated rings. The van der Waals surface area contributed by atoms with Crippen LogP contribution in [0.1, 0.15) is 17.9 Å². The molecular formula is C13H16ClNO3S. The lowest BCUT2D eigenvalue weighted by Gasteiger charge is -2.27. The maximum absolute atomic E-state index is 11.1. The van der Waals surface area contributed by atoms with Crippen LogP contribution >= 0.6 is 11.6 Å². The van der Waals surface area contributed by atoms with Gasteiger partial charge in [-0.1, -0.05) is 17.7 Å². The number of sulfone groups is 1. The molecule has 6 heteroatoms. The molecule has 1 atom stereocenters. The third-order valence-electron chi connectivity index (χ3n) is 3.66. The second-order valence-corrected chi connectivity index (χ2v) is 7.76. The van der Waals surface area contributed by atoms with Gasteiger partial charge in [0.1, 0.15) is 11.9 Å². The number of hydrogen-bond donors (Lipinski definition) is 1. The summed E-state index contributed by atoms with van der Waals surface area (Å²) in [5.41, 5.74) is 1.21. The summed E-state index contributed by atoms with van der Waals surface area (Å²) in [4.78, 5) is 0. The summed E-state index contributed by atoms with van der Waals surface area (Å²) in [7, 11) is -2.86. The Kier molecular flexibility index (Phi) is 3.45. The Bertz CT molecular complexity index is 570. The molecule has 0 amide bonds. The minimum absolute atomic E-state index is 0.0949. The Morgan fingerprint density at radius 3 is 2.68 bits per heavy atom. The quantitative estimate of drug-likeness (QED) is 0.921. The predicted octanol–water partition coefficient (Wildman–Crippen LogP) is 1.59. The largest absolute Gasteiger partial charge is 0.487 e. The van der Waals surface area contributed by atoms with Crippen LogP contribution in [0, 0.1) is 0 Å². The van der Waals surface area contributed by atoms with Crippen molar-refractivity contribution < 1.29 is 13.2 Å². The lowest BCUT2D eigenvalue weighted by molar-refractivity contribution is 0.230. The smallest absolute Gasteiger partial charge is 0.157 e. The van der Waals surface area contributed by atoms with Gasteiger partial charge in [0.25, 0.3) is 0 Å². The van der Waals surface area contributed by atoms with Crippen molar-refractivity contribution in [2.75, 3.05) is 24.6 Å². The maximum Gasteiger partial charge on any atom is 0.157 e. The Balaban J connectivity index is 1.69. The van der Waals surface area contributed by atoms with Gasteiger partial charge in [-0.25, -0.2) is 8.42 Å². The molecule has 0 aliphatic carbocycles. The number of ether oxygens (including phenoxy) is 1. The molecule has 0 aromatic heterocycles. The van der Waals surface area contributed by atoms with Crippen molar-refractivity contribution in [2.24, 2.45) is 0 Å². The zero-order valence-corrected chi connectivity index (χ0v) is 12.0. The summed E-state index contributed by atoms with van der Waals surface area (Å²) in [6.07, 6.45) is 0.874. The van der Waals surface area contributed by atoms with E-state index < -0.39 is 9.84 Å². The Morgan fingerprint density at radius 2 is 2.11 bits per heavy atom. The van der Waals surface area contributed by atoms with E-state index in [1.165, 1.54) is 5.56 Å². The summed E-state index contributed by atoms with van der Waals surface area (Å²) in [5.74, 6) is 1.28. The third-order valence-corrected chi connectivity index (χ3v) is 5.72. The van der Waals surface area contributed by atoms with E-state index in [4.69, 9.17) is 16.3 Å². The van der Waals surface area contributed by atoms with Crippen molar-refractivity contribution in [3.05, 3.63) is 28.8 Å². The molecule has 3 rings (SSSR count). The fourth-order valence-corrected chi connectivity index (χ4v) is 3.98. The Morgan fingerprint density at radius 1 is 1.32 bits per heavy atom. The molecule has 19 heavy (non-hydrogen) atoms. The first-order valence-electron chi connectivity index (χ1n) is 6.41. The molecule has 1 unspecified atom stereocenters. The van der Waals surface area contributed by atoms with Gasteiger partial charge >= 0.3 is 0 Å². The summed E-state index contributed by atoms with van der Waals surface area (Å²) in [5, 5.41) is 3.89. The van der Waals surface area contributed by atoms with Gasteiger partial charge in [-0.3, -0.25) is 0 Å². The van der Waals surface area contributed by atoms with Crippen LogP contribution in [0.3, 0.4) is 0 Å². The van der Waals surface area contributed by atoms with Crippen LogP contribution < -0.4 is 10.1 Å². The van der Waals surface area contributed by atoms with E-state index in [0.29, 0.717) is 16.7 Å². The first kappa shape index (κ1) is 13.2. The Hall–Kier alpha value is -0.780. The molecule has 2 aliphatic rings. The van der Waals surface area contributed by atoms with Crippen LogP contribution in [0.15, 0.2) is 18.2 Å². The number of rotatable bonds is 3. The van der Waals surface area contributed by atoms with Gasteiger partial charge in [-0.05, 0) is 36.6 Å². The van der Waals surface area contributed by atoms with E-state index >= 15 is 0 Å². The third kappa shape index (κ3) is 2.88. The van der Waals surface area contributed by atoms with Crippen LogP contribution in [-0.4, -0.2) is 39.1 Å². The molecule has 1 N–H and O–H groups in total. The van der Waals surface area contributed by atoms with E-state index in [9.17, 15) is 8.42 Å². The molecular weight excluding hydrogens is 286 g/mol. The van der Waals surface area contributed by atoms with Gasteiger partial charge in [0.05, 0.1) is 16.5 Å². The molecule has 0 spiro atoms. The van der Waals surface area contributed by atoms with Gasteiger partial charge in [0, 0.05) is 6.54 Å². The topological polar surface area (TPSA) is 55.4 Å². The molecule has 0 bridgehead atoms.